The standard InChI is InChI=1S/C23H23FN2O3S/c1-17(19-10-12-20(24)13-11-19)25-23(27)16-18-8-14-21(15-9-18)26(2)30(28,29)22-6-4-3-5-7-22/h3-15,17H,16H2,1-2H3,(H,25,27)/t17-/m1/s1. The Bertz CT molecular complexity index is 1100. The zero-order valence-electron chi connectivity index (χ0n) is 16.7. The molecule has 0 aliphatic heterocycles. The van der Waals surface area contributed by atoms with Gasteiger partial charge in [0.25, 0.3) is 10.0 Å². The largest absolute Gasteiger partial charge is 0.349 e. The van der Waals surface area contributed by atoms with Crippen molar-refractivity contribution in [2.75, 3.05) is 11.4 Å². The van der Waals surface area contributed by atoms with Crippen LogP contribution in [-0.4, -0.2) is 21.4 Å². The molecule has 7 heteroatoms. The van der Waals surface area contributed by atoms with Crippen LogP contribution in [0.4, 0.5) is 10.1 Å². The number of anilines is 1. The first kappa shape index (κ1) is 21.5. The van der Waals surface area contributed by atoms with Gasteiger partial charge in [0.15, 0.2) is 0 Å². The molecular formula is C23H23FN2O3S. The van der Waals surface area contributed by atoms with E-state index in [1.54, 1.807) is 66.7 Å². The second kappa shape index (κ2) is 9.09. The summed E-state index contributed by atoms with van der Waals surface area (Å²) in [6.07, 6.45) is 0.154. The van der Waals surface area contributed by atoms with E-state index in [9.17, 15) is 17.6 Å². The molecule has 3 aromatic rings. The average Bonchev–Trinajstić information content (AvgIpc) is 2.74. The highest BCUT2D eigenvalue weighted by Gasteiger charge is 2.21. The Hall–Kier alpha value is -3.19. The molecule has 0 fully saturated rings. The third kappa shape index (κ3) is 5.04. The van der Waals surface area contributed by atoms with Gasteiger partial charge in [-0.05, 0) is 54.4 Å². The Balaban J connectivity index is 1.64. The lowest BCUT2D eigenvalue weighted by Gasteiger charge is -2.20. The van der Waals surface area contributed by atoms with E-state index >= 15 is 0 Å². The number of hydrogen-bond acceptors (Lipinski definition) is 3. The smallest absolute Gasteiger partial charge is 0.264 e. The second-order valence-electron chi connectivity index (χ2n) is 6.97. The SMILES string of the molecule is C[C@@H](NC(=O)Cc1ccc(N(C)S(=O)(=O)c2ccccc2)cc1)c1ccc(F)cc1. The van der Waals surface area contributed by atoms with E-state index in [0.717, 1.165) is 11.1 Å². The summed E-state index contributed by atoms with van der Waals surface area (Å²) in [6.45, 7) is 1.83. The molecule has 0 heterocycles. The molecule has 0 saturated carbocycles. The van der Waals surface area contributed by atoms with Crippen LogP contribution < -0.4 is 9.62 Å². The number of halogens is 1. The van der Waals surface area contributed by atoms with Crippen LogP contribution in [0.15, 0.2) is 83.8 Å². The van der Waals surface area contributed by atoms with E-state index in [2.05, 4.69) is 5.32 Å². The predicted molar refractivity (Wildman–Crippen MR) is 115 cm³/mol. The summed E-state index contributed by atoms with van der Waals surface area (Å²) in [6, 6.07) is 20.8. The van der Waals surface area contributed by atoms with Gasteiger partial charge in [-0.25, -0.2) is 12.8 Å². The molecule has 0 radical (unpaired) electrons. The van der Waals surface area contributed by atoms with E-state index in [1.807, 2.05) is 6.92 Å². The fourth-order valence-corrected chi connectivity index (χ4v) is 4.24. The van der Waals surface area contributed by atoms with Crippen molar-refractivity contribution in [3.63, 3.8) is 0 Å². The maximum Gasteiger partial charge on any atom is 0.264 e. The Labute approximate surface area is 176 Å². The van der Waals surface area contributed by atoms with E-state index in [1.165, 1.54) is 23.5 Å². The van der Waals surface area contributed by atoms with Crippen molar-refractivity contribution in [2.24, 2.45) is 0 Å². The molecule has 1 amide bonds. The number of amides is 1. The van der Waals surface area contributed by atoms with Crippen molar-refractivity contribution in [2.45, 2.75) is 24.3 Å². The van der Waals surface area contributed by atoms with Crippen LogP contribution in [0.25, 0.3) is 0 Å². The minimum Gasteiger partial charge on any atom is -0.349 e. The van der Waals surface area contributed by atoms with Gasteiger partial charge in [0, 0.05) is 7.05 Å². The fourth-order valence-electron chi connectivity index (χ4n) is 3.03. The molecule has 156 valence electrons. The minimum absolute atomic E-state index is 0.154. The van der Waals surface area contributed by atoms with Crippen LogP contribution in [0.5, 0.6) is 0 Å². The molecule has 0 spiro atoms. The number of benzene rings is 3. The Morgan fingerprint density at radius 2 is 1.57 bits per heavy atom. The quantitative estimate of drug-likeness (QED) is 0.619. The Kier molecular flexibility index (Phi) is 6.52. The van der Waals surface area contributed by atoms with Crippen molar-refractivity contribution in [3.8, 4) is 0 Å². The van der Waals surface area contributed by atoms with Crippen LogP contribution in [0, 0.1) is 5.82 Å². The minimum atomic E-state index is -3.65. The lowest BCUT2D eigenvalue weighted by atomic mass is 10.1. The molecule has 3 aromatic carbocycles. The Morgan fingerprint density at radius 1 is 0.967 bits per heavy atom. The molecule has 0 saturated heterocycles. The van der Waals surface area contributed by atoms with Crippen molar-refractivity contribution in [1.82, 2.24) is 5.32 Å². The zero-order valence-corrected chi connectivity index (χ0v) is 17.6. The summed E-state index contributed by atoms with van der Waals surface area (Å²) in [5, 5.41) is 2.88. The molecule has 1 N–H and O–H groups in total. The summed E-state index contributed by atoms with van der Waals surface area (Å²) in [5.41, 5.74) is 2.07. The van der Waals surface area contributed by atoms with Crippen LogP contribution >= 0.6 is 0 Å². The van der Waals surface area contributed by atoms with Crippen LogP contribution in [0.3, 0.4) is 0 Å². The number of nitrogens with zero attached hydrogens (tertiary/aromatic N) is 1. The Morgan fingerprint density at radius 3 is 2.17 bits per heavy atom. The molecule has 0 aromatic heterocycles. The van der Waals surface area contributed by atoms with Crippen molar-refractivity contribution in [1.29, 1.82) is 0 Å². The normalized spacial score (nSPS) is 12.2. The van der Waals surface area contributed by atoms with E-state index < -0.39 is 10.0 Å². The highest BCUT2D eigenvalue weighted by atomic mass is 32.2. The summed E-state index contributed by atoms with van der Waals surface area (Å²) in [5.74, 6) is -0.499. The molecule has 5 nitrogen and oxygen atoms in total. The van der Waals surface area contributed by atoms with E-state index in [-0.39, 0.29) is 29.1 Å². The van der Waals surface area contributed by atoms with Crippen molar-refractivity contribution in [3.05, 3.63) is 95.8 Å². The van der Waals surface area contributed by atoms with E-state index in [4.69, 9.17) is 0 Å². The average molecular weight is 427 g/mol. The van der Waals surface area contributed by atoms with Crippen LogP contribution in [0.2, 0.25) is 0 Å². The second-order valence-corrected chi connectivity index (χ2v) is 8.94. The highest BCUT2D eigenvalue weighted by molar-refractivity contribution is 7.92. The van der Waals surface area contributed by atoms with Crippen molar-refractivity contribution < 1.29 is 17.6 Å². The van der Waals surface area contributed by atoms with E-state index in [0.29, 0.717) is 5.69 Å². The van der Waals surface area contributed by atoms with Crippen LogP contribution in [0.1, 0.15) is 24.1 Å². The molecule has 0 bridgehead atoms. The van der Waals surface area contributed by atoms with Gasteiger partial charge in [0.2, 0.25) is 5.91 Å². The monoisotopic (exact) mass is 426 g/mol. The van der Waals surface area contributed by atoms with Crippen molar-refractivity contribution >= 4 is 21.6 Å². The number of hydrogen-bond donors (Lipinski definition) is 1. The van der Waals surface area contributed by atoms with Gasteiger partial charge in [-0.3, -0.25) is 9.10 Å². The first-order valence-electron chi connectivity index (χ1n) is 9.45. The third-order valence-corrected chi connectivity index (χ3v) is 6.61. The molecular weight excluding hydrogens is 403 g/mol. The molecule has 1 atom stereocenters. The van der Waals surface area contributed by atoms with Gasteiger partial charge in [0.1, 0.15) is 5.82 Å². The van der Waals surface area contributed by atoms with Gasteiger partial charge in [0.05, 0.1) is 23.0 Å². The number of sulfonamides is 1. The molecule has 0 aliphatic carbocycles. The summed E-state index contributed by atoms with van der Waals surface area (Å²) in [4.78, 5) is 12.5. The highest BCUT2D eigenvalue weighted by Crippen LogP contribution is 2.22. The summed E-state index contributed by atoms with van der Waals surface area (Å²) in [7, 11) is -2.16. The van der Waals surface area contributed by atoms with Crippen LogP contribution in [-0.2, 0) is 21.2 Å². The molecule has 30 heavy (non-hydrogen) atoms. The van der Waals surface area contributed by atoms with Gasteiger partial charge < -0.3 is 5.32 Å². The molecule has 3 rings (SSSR count). The maximum atomic E-state index is 13.0. The lowest BCUT2D eigenvalue weighted by molar-refractivity contribution is -0.121. The summed E-state index contributed by atoms with van der Waals surface area (Å²) >= 11 is 0. The first-order chi connectivity index (χ1) is 14.3. The lowest BCUT2D eigenvalue weighted by Crippen LogP contribution is -2.28. The summed E-state index contributed by atoms with van der Waals surface area (Å²) < 4.78 is 39.7. The van der Waals surface area contributed by atoms with Gasteiger partial charge in [-0.2, -0.15) is 0 Å². The van der Waals surface area contributed by atoms with Gasteiger partial charge in [-0.1, -0.05) is 42.5 Å². The van der Waals surface area contributed by atoms with Gasteiger partial charge in [-0.15, -0.1) is 0 Å². The predicted octanol–water partition coefficient (Wildman–Crippen LogP) is 4.07. The molecule has 0 aliphatic rings. The maximum absolute atomic E-state index is 13.0. The third-order valence-electron chi connectivity index (χ3n) is 4.81. The topological polar surface area (TPSA) is 66.5 Å². The zero-order chi connectivity index (χ0) is 21.7. The number of carbonyl (C=O) groups is 1. The number of rotatable bonds is 7. The number of nitrogens with one attached hydrogen (secondary N) is 1. The molecule has 0 unspecified atom stereocenters. The fraction of sp³-hybridized carbons (Fsp3) is 0.174. The van der Waals surface area contributed by atoms with Gasteiger partial charge >= 0.3 is 0 Å². The first-order valence-corrected chi connectivity index (χ1v) is 10.9. The number of carbonyl (C=O) groups excluding carboxylic acids is 1.